The minimum Gasteiger partial charge on any atom is -0.417 e. The Morgan fingerprint density at radius 1 is 1.40 bits per heavy atom. The Kier molecular flexibility index (Phi) is 6.59. The summed E-state index contributed by atoms with van der Waals surface area (Å²) in [7, 11) is -1.76. The molecule has 1 atom stereocenters. The molecule has 0 saturated heterocycles. The number of aliphatic hydroxyl groups is 1. The van der Waals surface area contributed by atoms with Gasteiger partial charge in [0, 0.05) is 23.7 Å². The number of hydrogen-bond acceptors (Lipinski definition) is 5. The minimum atomic E-state index is -1.76. The van der Waals surface area contributed by atoms with Gasteiger partial charge in [-0.3, -0.25) is 4.79 Å². The molecule has 2 rings (SSSR count). The summed E-state index contributed by atoms with van der Waals surface area (Å²) in [4.78, 5) is 12.5. The first-order valence-electron chi connectivity index (χ1n) is 8.71. The van der Waals surface area contributed by atoms with E-state index in [1.165, 1.54) is 0 Å². The first-order chi connectivity index (χ1) is 11.6. The first-order valence-corrected chi connectivity index (χ1v) is 12.6. The van der Waals surface area contributed by atoms with Crippen LogP contribution in [0, 0.1) is 0 Å². The lowest BCUT2D eigenvalue weighted by molar-refractivity contribution is -0.113. The number of nitrogens with one attached hydrogen (secondary N) is 2. The number of carbonyl (C=O) groups excluding carboxylic acids is 1. The van der Waals surface area contributed by atoms with E-state index < -0.39 is 14.4 Å². The van der Waals surface area contributed by atoms with Gasteiger partial charge in [0.25, 0.3) is 0 Å². The Morgan fingerprint density at radius 2 is 2.12 bits per heavy atom. The van der Waals surface area contributed by atoms with Crippen LogP contribution >= 0.6 is 11.8 Å². The molecule has 0 spiro atoms. The lowest BCUT2D eigenvalue weighted by Gasteiger charge is -2.36. The predicted octanol–water partition coefficient (Wildman–Crippen LogP) is 3.92. The van der Waals surface area contributed by atoms with Crippen molar-refractivity contribution in [2.45, 2.75) is 56.3 Å². The van der Waals surface area contributed by atoms with Crippen LogP contribution in [-0.2, 0) is 9.22 Å². The van der Waals surface area contributed by atoms with Crippen LogP contribution in [0.5, 0.6) is 0 Å². The highest BCUT2D eigenvalue weighted by atomic mass is 32.2. The molecular formula is C18H30N2O3SSi. The molecular weight excluding hydrogens is 352 g/mol. The van der Waals surface area contributed by atoms with Crippen LogP contribution in [0.4, 0.5) is 11.4 Å². The van der Waals surface area contributed by atoms with Crippen molar-refractivity contribution in [2.24, 2.45) is 0 Å². The fraction of sp³-hybridized carbons (Fsp3) is 0.611. The second kappa shape index (κ2) is 8.12. The van der Waals surface area contributed by atoms with Gasteiger partial charge in [-0.1, -0.05) is 20.8 Å². The molecule has 7 heteroatoms. The van der Waals surface area contributed by atoms with Crippen LogP contribution in [-0.4, -0.2) is 44.3 Å². The second-order valence-corrected chi connectivity index (χ2v) is 13.8. The molecule has 0 aromatic heterocycles. The number of anilines is 2. The zero-order valence-corrected chi connectivity index (χ0v) is 17.6. The molecule has 1 amide bonds. The van der Waals surface area contributed by atoms with Crippen LogP contribution in [0.15, 0.2) is 23.1 Å². The molecule has 1 aliphatic heterocycles. The van der Waals surface area contributed by atoms with Crippen molar-refractivity contribution in [3.8, 4) is 0 Å². The fourth-order valence-electron chi connectivity index (χ4n) is 2.20. The molecule has 0 saturated carbocycles. The van der Waals surface area contributed by atoms with Crippen molar-refractivity contribution in [2.75, 3.05) is 29.5 Å². The van der Waals surface area contributed by atoms with Crippen LogP contribution in [0.3, 0.4) is 0 Å². The van der Waals surface area contributed by atoms with E-state index in [9.17, 15) is 9.90 Å². The van der Waals surface area contributed by atoms with Gasteiger partial charge in [-0.05, 0) is 42.8 Å². The van der Waals surface area contributed by atoms with E-state index in [1.54, 1.807) is 11.8 Å². The molecule has 3 N–H and O–H groups in total. The topological polar surface area (TPSA) is 70.6 Å². The van der Waals surface area contributed by atoms with E-state index in [1.807, 2.05) is 18.2 Å². The van der Waals surface area contributed by atoms with Gasteiger partial charge in [0.1, 0.15) is 0 Å². The zero-order valence-electron chi connectivity index (χ0n) is 15.8. The van der Waals surface area contributed by atoms with E-state index in [0.29, 0.717) is 25.3 Å². The number of thioether (sulfide) groups is 1. The minimum absolute atomic E-state index is 0.0254. The van der Waals surface area contributed by atoms with Gasteiger partial charge >= 0.3 is 0 Å². The van der Waals surface area contributed by atoms with Crippen LogP contribution < -0.4 is 10.6 Å². The molecule has 0 fully saturated rings. The van der Waals surface area contributed by atoms with Gasteiger partial charge in [-0.2, -0.15) is 0 Å². The maximum absolute atomic E-state index is 11.5. The number of benzene rings is 1. The highest BCUT2D eigenvalue weighted by Crippen LogP contribution is 2.36. The standard InChI is InChI=1S/C18H30N2O3SSi/c1-18(2,3)25(4,5)23-9-8-14(21)11-19-13-6-7-16-15(10-13)20-17(22)12-24-16/h6-7,10,14,19,21H,8-9,11-12H2,1-5H3,(H,20,22). The Labute approximate surface area is 156 Å². The van der Waals surface area contributed by atoms with Crippen LogP contribution in [0.2, 0.25) is 18.1 Å². The predicted molar refractivity (Wildman–Crippen MR) is 108 cm³/mol. The van der Waals surface area contributed by atoms with Crippen LogP contribution in [0.1, 0.15) is 27.2 Å². The maximum atomic E-state index is 11.5. The van der Waals surface area contributed by atoms with Crippen molar-refractivity contribution >= 4 is 37.4 Å². The summed E-state index contributed by atoms with van der Waals surface area (Å²) >= 11 is 1.54. The van der Waals surface area contributed by atoms with Gasteiger partial charge < -0.3 is 20.2 Å². The van der Waals surface area contributed by atoms with E-state index in [-0.39, 0.29) is 10.9 Å². The lowest BCUT2D eigenvalue weighted by Crippen LogP contribution is -2.41. The molecule has 0 aliphatic carbocycles. The van der Waals surface area contributed by atoms with Gasteiger partial charge in [0.05, 0.1) is 17.5 Å². The summed E-state index contributed by atoms with van der Waals surface area (Å²) in [6.45, 7) is 12.1. The Balaban J connectivity index is 1.78. The molecule has 1 aliphatic rings. The largest absolute Gasteiger partial charge is 0.417 e. The third-order valence-electron chi connectivity index (χ3n) is 4.87. The zero-order chi connectivity index (χ0) is 18.7. The quantitative estimate of drug-likeness (QED) is 0.624. The average molecular weight is 383 g/mol. The Morgan fingerprint density at radius 3 is 2.80 bits per heavy atom. The Bertz CT molecular complexity index is 617. The van der Waals surface area contributed by atoms with E-state index >= 15 is 0 Å². The summed E-state index contributed by atoms with van der Waals surface area (Å²) in [6, 6.07) is 5.88. The molecule has 1 aromatic carbocycles. The molecule has 0 radical (unpaired) electrons. The first kappa shape index (κ1) is 20.3. The normalized spacial score (nSPS) is 16.2. The third kappa shape index (κ3) is 5.74. The smallest absolute Gasteiger partial charge is 0.234 e. The van der Waals surface area contributed by atoms with Crippen molar-refractivity contribution in [3.05, 3.63) is 18.2 Å². The summed E-state index contributed by atoms with van der Waals surface area (Å²) < 4.78 is 6.10. The second-order valence-electron chi connectivity index (χ2n) is 7.98. The van der Waals surface area contributed by atoms with Gasteiger partial charge in [0.15, 0.2) is 8.32 Å². The number of aliphatic hydroxyl groups excluding tert-OH is 1. The summed E-state index contributed by atoms with van der Waals surface area (Å²) in [5.41, 5.74) is 1.73. The fourth-order valence-corrected chi connectivity index (χ4v) is 4.05. The molecule has 5 nitrogen and oxygen atoms in total. The van der Waals surface area contributed by atoms with Crippen molar-refractivity contribution < 1.29 is 14.3 Å². The van der Waals surface area contributed by atoms with E-state index in [2.05, 4.69) is 44.5 Å². The average Bonchev–Trinajstić information content (AvgIpc) is 2.51. The maximum Gasteiger partial charge on any atom is 0.234 e. The molecule has 1 aromatic rings. The van der Waals surface area contributed by atoms with Crippen LogP contribution in [0.25, 0.3) is 0 Å². The Hall–Kier alpha value is -1.02. The summed E-state index contributed by atoms with van der Waals surface area (Å²) in [5.74, 6) is 0.490. The molecule has 25 heavy (non-hydrogen) atoms. The molecule has 1 heterocycles. The van der Waals surface area contributed by atoms with Gasteiger partial charge in [0.2, 0.25) is 5.91 Å². The lowest BCUT2D eigenvalue weighted by atomic mass is 10.2. The summed E-state index contributed by atoms with van der Waals surface area (Å²) in [5, 5.41) is 16.5. The monoisotopic (exact) mass is 382 g/mol. The highest BCUT2D eigenvalue weighted by Gasteiger charge is 2.36. The van der Waals surface area contributed by atoms with Gasteiger partial charge in [-0.25, -0.2) is 0 Å². The number of hydrogen-bond donors (Lipinski definition) is 3. The molecule has 0 bridgehead atoms. The van der Waals surface area contributed by atoms with Crippen molar-refractivity contribution in [1.29, 1.82) is 0 Å². The molecule has 140 valence electrons. The number of fused-ring (bicyclic) bond motifs is 1. The third-order valence-corrected chi connectivity index (χ3v) is 10.5. The van der Waals surface area contributed by atoms with E-state index in [4.69, 9.17) is 4.43 Å². The molecule has 1 unspecified atom stereocenters. The number of carbonyl (C=O) groups is 1. The SMILES string of the molecule is CC(C)(C)[Si](C)(C)OCCC(O)CNc1ccc2c(c1)NC(=O)CS2. The van der Waals surface area contributed by atoms with E-state index in [0.717, 1.165) is 16.3 Å². The number of rotatable bonds is 7. The highest BCUT2D eigenvalue weighted by molar-refractivity contribution is 8.00. The van der Waals surface area contributed by atoms with Crippen molar-refractivity contribution in [3.63, 3.8) is 0 Å². The number of amides is 1. The summed E-state index contributed by atoms with van der Waals surface area (Å²) in [6.07, 6.45) is 0.140. The van der Waals surface area contributed by atoms with Crippen molar-refractivity contribution in [1.82, 2.24) is 0 Å². The van der Waals surface area contributed by atoms with Gasteiger partial charge in [-0.15, -0.1) is 11.8 Å².